The van der Waals surface area contributed by atoms with Crippen molar-refractivity contribution in [2.45, 2.75) is 13.1 Å². The van der Waals surface area contributed by atoms with Crippen LogP contribution in [0.2, 0.25) is 0 Å². The van der Waals surface area contributed by atoms with Crippen LogP contribution in [0.3, 0.4) is 0 Å². The van der Waals surface area contributed by atoms with Crippen molar-refractivity contribution in [2.75, 3.05) is 5.73 Å². The summed E-state index contributed by atoms with van der Waals surface area (Å²) >= 11 is 0. The van der Waals surface area contributed by atoms with Crippen LogP contribution in [-0.4, -0.2) is 19.3 Å². The minimum atomic E-state index is 0.412. The number of nitrogens with two attached hydrogens (primary N) is 1. The van der Waals surface area contributed by atoms with Crippen molar-refractivity contribution >= 4 is 5.69 Å². The Balaban J connectivity index is 2.02. The molecule has 2 rings (SSSR count). The summed E-state index contributed by atoms with van der Waals surface area (Å²) in [4.78, 5) is 3.90. The Morgan fingerprint density at radius 1 is 1.47 bits per heavy atom. The van der Waals surface area contributed by atoms with Crippen LogP contribution in [0.25, 0.3) is 0 Å². The number of nitrogen functional groups attached to an aromatic ring is 1. The summed E-state index contributed by atoms with van der Waals surface area (Å²) < 4.78 is 3.51. The molecule has 0 bridgehead atoms. The predicted octanol–water partition coefficient (Wildman–Crippen LogP) is 0.234. The maximum absolute atomic E-state index is 8.73. The predicted molar refractivity (Wildman–Crippen MR) is 53.6 cm³/mol. The van der Waals surface area contributed by atoms with Crippen molar-refractivity contribution in [1.82, 2.24) is 19.3 Å². The van der Waals surface area contributed by atoms with Gasteiger partial charge in [-0.05, 0) is 0 Å². The van der Waals surface area contributed by atoms with Gasteiger partial charge in [-0.1, -0.05) is 0 Å². The maximum Gasteiger partial charge on any atom is 0.212 e. The van der Waals surface area contributed by atoms with E-state index in [0.29, 0.717) is 24.6 Å². The molecule has 0 aliphatic heterocycles. The number of hydrogen-bond donors (Lipinski definition) is 1. The average molecular weight is 202 g/mol. The van der Waals surface area contributed by atoms with Crippen LogP contribution < -0.4 is 5.73 Å². The second-order valence-corrected chi connectivity index (χ2v) is 3.09. The highest BCUT2D eigenvalue weighted by Gasteiger charge is 2.01. The summed E-state index contributed by atoms with van der Waals surface area (Å²) in [6.45, 7) is 1.33. The molecule has 15 heavy (non-hydrogen) atoms. The number of anilines is 1. The van der Waals surface area contributed by atoms with Gasteiger partial charge < -0.3 is 10.3 Å². The quantitative estimate of drug-likeness (QED) is 0.772. The molecule has 0 fully saturated rings. The smallest absolute Gasteiger partial charge is 0.212 e. The average Bonchev–Trinajstić information content (AvgIpc) is 2.83. The van der Waals surface area contributed by atoms with Crippen molar-refractivity contribution in [3.05, 3.63) is 30.6 Å². The van der Waals surface area contributed by atoms with Gasteiger partial charge in [-0.2, -0.15) is 10.4 Å². The second kappa shape index (κ2) is 3.84. The monoisotopic (exact) mass is 202 g/mol. The van der Waals surface area contributed by atoms with E-state index >= 15 is 0 Å². The molecule has 2 aromatic heterocycles. The number of nitrogens with zero attached hydrogens (tertiary/aromatic N) is 5. The standard InChI is InChI=1S/C9H10N6/c10-5-9-12-1-2-14(9)3-4-15-7-8(11)6-13-15/h1-2,6-7H,3-4,11H2. The first-order chi connectivity index (χ1) is 7.29. The van der Waals surface area contributed by atoms with Crippen LogP contribution in [0.1, 0.15) is 5.82 Å². The number of hydrogen-bond acceptors (Lipinski definition) is 4. The number of imidazole rings is 1. The fourth-order valence-electron chi connectivity index (χ4n) is 1.31. The highest BCUT2D eigenvalue weighted by Crippen LogP contribution is 2.00. The number of aromatic nitrogens is 4. The van der Waals surface area contributed by atoms with Crippen molar-refractivity contribution in [3.63, 3.8) is 0 Å². The number of aryl methyl sites for hydroxylation is 2. The first-order valence-electron chi connectivity index (χ1n) is 4.49. The molecule has 2 N–H and O–H groups in total. The van der Waals surface area contributed by atoms with Gasteiger partial charge in [-0.15, -0.1) is 0 Å². The Kier molecular flexibility index (Phi) is 2.37. The first-order valence-corrected chi connectivity index (χ1v) is 4.49. The van der Waals surface area contributed by atoms with Crippen LogP contribution in [0, 0.1) is 11.3 Å². The van der Waals surface area contributed by atoms with E-state index in [1.54, 1.807) is 34.0 Å². The van der Waals surface area contributed by atoms with Crippen molar-refractivity contribution in [1.29, 1.82) is 5.26 Å². The SMILES string of the molecule is N#Cc1nccn1CCn1cc(N)cn1. The highest BCUT2D eigenvalue weighted by molar-refractivity contribution is 5.30. The lowest BCUT2D eigenvalue weighted by atomic mass is 10.5. The van der Waals surface area contributed by atoms with Gasteiger partial charge in [-0.3, -0.25) is 4.68 Å². The summed E-state index contributed by atoms with van der Waals surface area (Å²) in [5.74, 6) is 0.412. The molecule has 0 aliphatic rings. The molecular weight excluding hydrogens is 192 g/mol. The second-order valence-electron chi connectivity index (χ2n) is 3.09. The lowest BCUT2D eigenvalue weighted by molar-refractivity contribution is 0.530. The molecule has 6 heteroatoms. The summed E-state index contributed by atoms with van der Waals surface area (Å²) in [6, 6.07) is 2.01. The molecule has 0 unspecified atom stereocenters. The third-order valence-electron chi connectivity index (χ3n) is 2.04. The molecule has 2 heterocycles. The Morgan fingerprint density at radius 2 is 2.33 bits per heavy atom. The Morgan fingerprint density at radius 3 is 3.00 bits per heavy atom. The van der Waals surface area contributed by atoms with E-state index in [2.05, 4.69) is 10.1 Å². The van der Waals surface area contributed by atoms with Gasteiger partial charge in [0, 0.05) is 25.1 Å². The van der Waals surface area contributed by atoms with Gasteiger partial charge in [-0.25, -0.2) is 4.98 Å². The summed E-state index contributed by atoms with van der Waals surface area (Å²) in [7, 11) is 0. The van der Waals surface area contributed by atoms with Crippen LogP contribution in [0.4, 0.5) is 5.69 Å². The number of rotatable bonds is 3. The molecule has 0 saturated heterocycles. The fourth-order valence-corrected chi connectivity index (χ4v) is 1.31. The zero-order valence-corrected chi connectivity index (χ0v) is 8.04. The summed E-state index contributed by atoms with van der Waals surface area (Å²) in [6.07, 6.45) is 6.73. The van der Waals surface area contributed by atoms with E-state index < -0.39 is 0 Å². The zero-order valence-electron chi connectivity index (χ0n) is 8.04. The normalized spacial score (nSPS) is 10.1. The first kappa shape index (κ1) is 9.27. The van der Waals surface area contributed by atoms with E-state index in [0.717, 1.165) is 0 Å². The van der Waals surface area contributed by atoms with Crippen LogP contribution in [0.5, 0.6) is 0 Å². The Bertz CT molecular complexity index is 489. The van der Waals surface area contributed by atoms with E-state index in [1.165, 1.54) is 0 Å². The lowest BCUT2D eigenvalue weighted by Crippen LogP contribution is -2.08. The van der Waals surface area contributed by atoms with Gasteiger partial charge in [0.05, 0.1) is 18.4 Å². The number of nitriles is 1. The van der Waals surface area contributed by atoms with E-state index in [1.807, 2.05) is 6.07 Å². The van der Waals surface area contributed by atoms with Crippen LogP contribution in [0.15, 0.2) is 24.8 Å². The molecule has 0 radical (unpaired) electrons. The molecule has 0 spiro atoms. The Hall–Kier alpha value is -2.29. The third-order valence-corrected chi connectivity index (χ3v) is 2.04. The molecule has 0 aliphatic carbocycles. The molecule has 0 amide bonds. The fraction of sp³-hybridized carbons (Fsp3) is 0.222. The van der Waals surface area contributed by atoms with Crippen LogP contribution >= 0.6 is 0 Å². The van der Waals surface area contributed by atoms with Crippen LogP contribution in [-0.2, 0) is 13.1 Å². The molecule has 0 atom stereocenters. The van der Waals surface area contributed by atoms with E-state index in [-0.39, 0.29) is 0 Å². The van der Waals surface area contributed by atoms with Gasteiger partial charge >= 0.3 is 0 Å². The molecule has 76 valence electrons. The Labute approximate surface area is 86.6 Å². The molecule has 6 nitrogen and oxygen atoms in total. The molecule has 0 aromatic carbocycles. The van der Waals surface area contributed by atoms with Crippen molar-refractivity contribution < 1.29 is 0 Å². The third kappa shape index (κ3) is 1.96. The maximum atomic E-state index is 8.73. The summed E-state index contributed by atoms with van der Waals surface area (Å²) in [5, 5.41) is 12.8. The zero-order chi connectivity index (χ0) is 10.7. The largest absolute Gasteiger partial charge is 0.396 e. The van der Waals surface area contributed by atoms with Gasteiger partial charge in [0.25, 0.3) is 0 Å². The topological polar surface area (TPSA) is 85.5 Å². The van der Waals surface area contributed by atoms with E-state index in [9.17, 15) is 0 Å². The van der Waals surface area contributed by atoms with Gasteiger partial charge in [0.15, 0.2) is 0 Å². The molecule has 2 aromatic rings. The molecule has 0 saturated carbocycles. The minimum absolute atomic E-state index is 0.412. The highest BCUT2D eigenvalue weighted by atomic mass is 15.3. The lowest BCUT2D eigenvalue weighted by Gasteiger charge is -2.03. The van der Waals surface area contributed by atoms with Crippen molar-refractivity contribution in [2.24, 2.45) is 0 Å². The minimum Gasteiger partial charge on any atom is -0.396 e. The summed E-state index contributed by atoms with van der Waals surface area (Å²) in [5.41, 5.74) is 6.17. The van der Waals surface area contributed by atoms with Gasteiger partial charge in [0.2, 0.25) is 5.82 Å². The molecular formula is C9H10N6. The van der Waals surface area contributed by atoms with Gasteiger partial charge in [0.1, 0.15) is 6.07 Å². The van der Waals surface area contributed by atoms with E-state index in [4.69, 9.17) is 11.0 Å². The van der Waals surface area contributed by atoms with Crippen molar-refractivity contribution in [3.8, 4) is 6.07 Å².